The molecule has 1 N–H and O–H groups in total. The number of nitrogens with one attached hydrogen (secondary N) is 1. The molecule has 2 aliphatic heterocycles. The predicted octanol–water partition coefficient (Wildman–Crippen LogP) is 3.83. The SMILES string of the molecule is Cc1ccc(Oc2cccc3c2OC[C@H]3Oc2ccc(C3=CC(=O)NS3=O)cc2)cn1. The summed E-state index contributed by atoms with van der Waals surface area (Å²) in [5.74, 6) is 2.18. The summed E-state index contributed by atoms with van der Waals surface area (Å²) in [7, 11) is -1.52. The largest absolute Gasteiger partial charge is 0.485 e. The maximum Gasteiger partial charge on any atom is 0.257 e. The van der Waals surface area contributed by atoms with Gasteiger partial charge in [-0.05, 0) is 42.8 Å². The summed E-state index contributed by atoms with van der Waals surface area (Å²) in [4.78, 5) is 16.1. The first-order valence-corrected chi connectivity index (χ1v) is 10.8. The quantitative estimate of drug-likeness (QED) is 0.657. The van der Waals surface area contributed by atoms with E-state index in [1.807, 2.05) is 37.3 Å². The molecule has 0 aliphatic carbocycles. The van der Waals surface area contributed by atoms with Gasteiger partial charge in [-0.15, -0.1) is 0 Å². The summed E-state index contributed by atoms with van der Waals surface area (Å²) in [5.41, 5.74) is 2.52. The van der Waals surface area contributed by atoms with Crippen LogP contribution >= 0.6 is 0 Å². The Morgan fingerprint density at radius 2 is 1.90 bits per heavy atom. The van der Waals surface area contributed by atoms with Crippen LogP contribution in [0.4, 0.5) is 0 Å². The molecule has 1 unspecified atom stereocenters. The maximum atomic E-state index is 11.9. The molecule has 0 saturated carbocycles. The van der Waals surface area contributed by atoms with Gasteiger partial charge in [0.15, 0.2) is 28.6 Å². The second-order valence-electron chi connectivity index (χ2n) is 7.10. The van der Waals surface area contributed by atoms with Crippen molar-refractivity contribution in [2.75, 3.05) is 6.61 Å². The Labute approximate surface area is 181 Å². The third-order valence-corrected chi connectivity index (χ3v) is 6.06. The average Bonchev–Trinajstić information content (AvgIpc) is 3.33. The Morgan fingerprint density at radius 3 is 2.61 bits per heavy atom. The third-order valence-electron chi connectivity index (χ3n) is 4.92. The number of ether oxygens (including phenoxy) is 3. The zero-order chi connectivity index (χ0) is 21.4. The lowest BCUT2D eigenvalue weighted by Crippen LogP contribution is -2.16. The van der Waals surface area contributed by atoms with Gasteiger partial charge in [-0.3, -0.25) is 14.5 Å². The lowest BCUT2D eigenvalue weighted by Gasteiger charge is -2.13. The second-order valence-corrected chi connectivity index (χ2v) is 8.28. The number of carbonyl (C=O) groups is 1. The van der Waals surface area contributed by atoms with Crippen LogP contribution in [0, 0.1) is 6.92 Å². The number of pyridine rings is 1. The number of nitrogens with zero attached hydrogens (tertiary/aromatic N) is 1. The number of fused-ring (bicyclic) bond motifs is 1. The zero-order valence-electron chi connectivity index (χ0n) is 16.5. The van der Waals surface area contributed by atoms with E-state index in [2.05, 4.69) is 9.71 Å². The molecule has 1 aromatic heterocycles. The smallest absolute Gasteiger partial charge is 0.257 e. The minimum absolute atomic E-state index is 0.288. The summed E-state index contributed by atoms with van der Waals surface area (Å²) in [6.07, 6.45) is 2.73. The van der Waals surface area contributed by atoms with E-state index in [0.717, 1.165) is 11.3 Å². The molecule has 0 bridgehead atoms. The number of rotatable bonds is 5. The fraction of sp³-hybridized carbons (Fsp3) is 0.130. The minimum Gasteiger partial charge on any atom is -0.485 e. The molecule has 0 saturated heterocycles. The topological polar surface area (TPSA) is 86.8 Å². The van der Waals surface area contributed by atoms with Crippen LogP contribution in [0.25, 0.3) is 4.91 Å². The zero-order valence-corrected chi connectivity index (χ0v) is 17.3. The molecule has 1 amide bonds. The van der Waals surface area contributed by atoms with Gasteiger partial charge in [-0.25, -0.2) is 4.21 Å². The second kappa shape index (κ2) is 7.88. The third kappa shape index (κ3) is 3.89. The first-order valence-electron chi connectivity index (χ1n) is 9.64. The highest BCUT2D eigenvalue weighted by Gasteiger charge is 2.29. The number of hydrogen-bond donors (Lipinski definition) is 1. The highest BCUT2D eigenvalue weighted by atomic mass is 32.2. The molecule has 0 fully saturated rings. The Bertz CT molecular complexity index is 1210. The summed E-state index contributed by atoms with van der Waals surface area (Å²) in [5, 5.41) is 0. The molecule has 31 heavy (non-hydrogen) atoms. The van der Waals surface area contributed by atoms with Crippen molar-refractivity contribution < 1.29 is 23.2 Å². The molecule has 8 heteroatoms. The molecular formula is C23H18N2O5S. The number of aryl methyl sites for hydroxylation is 1. The molecule has 7 nitrogen and oxygen atoms in total. The lowest BCUT2D eigenvalue weighted by molar-refractivity contribution is -0.114. The summed E-state index contributed by atoms with van der Waals surface area (Å²) in [6.45, 7) is 2.28. The molecule has 0 spiro atoms. The Kier molecular flexibility index (Phi) is 4.91. The van der Waals surface area contributed by atoms with Crippen LogP contribution in [-0.4, -0.2) is 21.7 Å². The Hall–Kier alpha value is -3.65. The number of hydrogen-bond acceptors (Lipinski definition) is 6. The molecule has 3 heterocycles. The number of benzene rings is 2. The van der Waals surface area contributed by atoms with Gasteiger partial charge in [0.05, 0.1) is 11.1 Å². The van der Waals surface area contributed by atoms with E-state index in [1.54, 1.807) is 30.5 Å². The fourth-order valence-electron chi connectivity index (χ4n) is 3.41. The van der Waals surface area contributed by atoms with E-state index in [0.29, 0.717) is 40.1 Å². The maximum absolute atomic E-state index is 11.9. The van der Waals surface area contributed by atoms with Gasteiger partial charge < -0.3 is 14.2 Å². The number of amides is 1. The normalized spacial score (nSPS) is 19.3. The molecule has 156 valence electrons. The van der Waals surface area contributed by atoms with Gasteiger partial charge in [0.25, 0.3) is 5.91 Å². The molecule has 3 aromatic rings. The van der Waals surface area contributed by atoms with Crippen molar-refractivity contribution in [3.63, 3.8) is 0 Å². The van der Waals surface area contributed by atoms with Crippen molar-refractivity contribution in [2.24, 2.45) is 0 Å². The van der Waals surface area contributed by atoms with E-state index < -0.39 is 11.0 Å². The summed E-state index contributed by atoms with van der Waals surface area (Å²) in [6, 6.07) is 16.6. The van der Waals surface area contributed by atoms with Gasteiger partial charge in [-0.1, -0.05) is 24.3 Å². The van der Waals surface area contributed by atoms with Crippen LogP contribution in [0.3, 0.4) is 0 Å². The highest BCUT2D eigenvalue weighted by Crippen LogP contribution is 2.43. The van der Waals surface area contributed by atoms with Crippen molar-refractivity contribution in [1.82, 2.24) is 9.71 Å². The van der Waals surface area contributed by atoms with Crippen LogP contribution < -0.4 is 18.9 Å². The predicted molar refractivity (Wildman–Crippen MR) is 115 cm³/mol. The van der Waals surface area contributed by atoms with E-state index in [9.17, 15) is 9.00 Å². The van der Waals surface area contributed by atoms with Crippen molar-refractivity contribution in [2.45, 2.75) is 13.0 Å². The van der Waals surface area contributed by atoms with Crippen LogP contribution in [0.15, 0.2) is 66.9 Å². The summed E-state index contributed by atoms with van der Waals surface area (Å²) < 4.78 is 32.2. The Balaban J connectivity index is 1.33. The first-order chi connectivity index (χ1) is 15.1. The lowest BCUT2D eigenvalue weighted by atomic mass is 10.1. The van der Waals surface area contributed by atoms with Crippen molar-refractivity contribution in [3.8, 4) is 23.0 Å². The average molecular weight is 434 g/mol. The molecule has 0 radical (unpaired) electrons. The monoisotopic (exact) mass is 434 g/mol. The van der Waals surface area contributed by atoms with Crippen LogP contribution in [0.1, 0.15) is 22.9 Å². The fourth-order valence-corrected chi connectivity index (χ4v) is 4.33. The minimum atomic E-state index is -1.52. The van der Waals surface area contributed by atoms with E-state index in [1.165, 1.54) is 6.08 Å². The van der Waals surface area contributed by atoms with Gasteiger partial charge in [0.2, 0.25) is 0 Å². The molecule has 2 aromatic carbocycles. The molecule has 2 aliphatic rings. The van der Waals surface area contributed by atoms with Gasteiger partial charge in [0.1, 0.15) is 18.1 Å². The Morgan fingerprint density at radius 1 is 1.10 bits per heavy atom. The van der Waals surface area contributed by atoms with E-state index >= 15 is 0 Å². The van der Waals surface area contributed by atoms with Crippen molar-refractivity contribution in [3.05, 3.63) is 83.7 Å². The van der Waals surface area contributed by atoms with Crippen LogP contribution in [0.2, 0.25) is 0 Å². The van der Waals surface area contributed by atoms with Gasteiger partial charge in [0, 0.05) is 17.3 Å². The number of aromatic nitrogens is 1. The van der Waals surface area contributed by atoms with Gasteiger partial charge in [-0.2, -0.15) is 0 Å². The number of para-hydroxylation sites is 1. The number of carbonyl (C=O) groups excluding carboxylic acids is 1. The van der Waals surface area contributed by atoms with Crippen LogP contribution in [-0.2, 0) is 15.8 Å². The molecule has 2 atom stereocenters. The highest BCUT2D eigenvalue weighted by molar-refractivity contribution is 7.93. The van der Waals surface area contributed by atoms with Crippen LogP contribution in [0.5, 0.6) is 23.0 Å². The molecular weight excluding hydrogens is 416 g/mol. The summed E-state index contributed by atoms with van der Waals surface area (Å²) >= 11 is 0. The standard InChI is InChI=1S/C23H18N2O5S/c1-14-5-8-17(12-24-14)30-19-4-2-3-18-20(13-28-23(18)19)29-16-9-6-15(7-10-16)21-11-22(26)25-31(21)27/h2-12,20H,13H2,1H3,(H,25,26)/t20-,31?/m1/s1. The molecule has 5 rings (SSSR count). The van der Waals surface area contributed by atoms with Gasteiger partial charge >= 0.3 is 0 Å². The van der Waals surface area contributed by atoms with E-state index in [-0.39, 0.29) is 12.0 Å². The van der Waals surface area contributed by atoms with E-state index in [4.69, 9.17) is 14.2 Å². The van der Waals surface area contributed by atoms with Crippen molar-refractivity contribution >= 4 is 21.8 Å². The van der Waals surface area contributed by atoms with Crippen molar-refractivity contribution in [1.29, 1.82) is 0 Å². The first kappa shape index (κ1) is 19.3.